The second-order valence-electron chi connectivity index (χ2n) is 6.91. The second kappa shape index (κ2) is 8.31. The molecule has 1 N–H and O–H groups in total. The Morgan fingerprint density at radius 1 is 1.26 bits per heavy atom. The van der Waals surface area contributed by atoms with Crippen LogP contribution in [0, 0.1) is 5.82 Å². The molecule has 0 saturated heterocycles. The molecule has 1 atom stereocenters. The summed E-state index contributed by atoms with van der Waals surface area (Å²) in [4.78, 5) is 31.0. The van der Waals surface area contributed by atoms with E-state index >= 15 is 0 Å². The van der Waals surface area contributed by atoms with Crippen molar-refractivity contribution in [2.24, 2.45) is 4.99 Å². The zero-order valence-electron chi connectivity index (χ0n) is 16.8. The molecule has 0 spiro atoms. The van der Waals surface area contributed by atoms with E-state index in [0.717, 1.165) is 11.3 Å². The first-order valence-corrected chi connectivity index (χ1v) is 10.5. The van der Waals surface area contributed by atoms with E-state index in [4.69, 9.17) is 4.74 Å². The van der Waals surface area contributed by atoms with Gasteiger partial charge in [0, 0.05) is 5.56 Å². The first-order valence-electron chi connectivity index (χ1n) is 9.64. The number of nitrogens with zero attached hydrogens (tertiary/aromatic N) is 2. The summed E-state index contributed by atoms with van der Waals surface area (Å²) in [5, 5.41) is 10.1. The first-order chi connectivity index (χ1) is 14.9. The molecule has 2 aromatic carbocycles. The smallest absolute Gasteiger partial charge is 0.338 e. The van der Waals surface area contributed by atoms with Gasteiger partial charge in [0.25, 0.3) is 5.56 Å². The maximum absolute atomic E-state index is 13.5. The molecule has 0 bridgehead atoms. The van der Waals surface area contributed by atoms with Crippen molar-refractivity contribution in [3.8, 4) is 5.75 Å². The van der Waals surface area contributed by atoms with Crippen molar-refractivity contribution in [1.29, 1.82) is 0 Å². The molecule has 158 valence electrons. The van der Waals surface area contributed by atoms with Gasteiger partial charge in [-0.2, -0.15) is 0 Å². The standard InChI is InChI=1S/C23H19FN2O4S/c1-3-30-22(29)19-13(2)25-23-26(20(19)14-8-10-16(24)11-9-14)21(28)18(31-23)12-15-6-4-5-7-17(15)27/h4-12,20,27H,3H2,1-2H3/b18-12+/t20-/m1/s1. The molecule has 0 amide bonds. The Kier molecular flexibility index (Phi) is 5.56. The Morgan fingerprint density at radius 2 is 1.97 bits per heavy atom. The van der Waals surface area contributed by atoms with Gasteiger partial charge >= 0.3 is 5.97 Å². The SMILES string of the molecule is CCOC(=O)C1=C(C)N=c2s/c(=C/c3ccccc3O)c(=O)n2[C@@H]1c1ccc(F)cc1. The third kappa shape index (κ3) is 3.82. The molecule has 0 saturated carbocycles. The molecule has 0 fully saturated rings. The van der Waals surface area contributed by atoms with Crippen LogP contribution in [-0.2, 0) is 9.53 Å². The highest BCUT2D eigenvalue weighted by Crippen LogP contribution is 2.30. The predicted octanol–water partition coefficient (Wildman–Crippen LogP) is 2.64. The summed E-state index contributed by atoms with van der Waals surface area (Å²) in [6, 6.07) is 11.5. The summed E-state index contributed by atoms with van der Waals surface area (Å²) in [5.74, 6) is -0.950. The van der Waals surface area contributed by atoms with Gasteiger partial charge in [0.05, 0.1) is 28.5 Å². The molecule has 8 heteroatoms. The van der Waals surface area contributed by atoms with Gasteiger partial charge in [-0.05, 0) is 43.7 Å². The number of halogens is 1. The third-order valence-corrected chi connectivity index (χ3v) is 5.91. The molecule has 2 heterocycles. The number of para-hydroxylation sites is 1. The van der Waals surface area contributed by atoms with Crippen LogP contribution in [0.15, 0.2) is 69.6 Å². The van der Waals surface area contributed by atoms with Crippen LogP contribution in [0.4, 0.5) is 4.39 Å². The summed E-state index contributed by atoms with van der Waals surface area (Å²) in [6.07, 6.45) is 1.59. The van der Waals surface area contributed by atoms with Crippen LogP contribution in [0.2, 0.25) is 0 Å². The Bertz CT molecular complexity index is 1370. The number of carbonyl (C=O) groups excluding carboxylic acids is 1. The van der Waals surface area contributed by atoms with Crippen molar-refractivity contribution in [2.45, 2.75) is 19.9 Å². The van der Waals surface area contributed by atoms with E-state index in [9.17, 15) is 19.1 Å². The molecular formula is C23H19FN2O4S. The summed E-state index contributed by atoms with van der Waals surface area (Å²) >= 11 is 1.15. The van der Waals surface area contributed by atoms with Crippen LogP contribution < -0.4 is 14.9 Å². The molecule has 1 aromatic heterocycles. The van der Waals surface area contributed by atoms with Crippen LogP contribution in [0.25, 0.3) is 6.08 Å². The maximum atomic E-state index is 13.5. The molecule has 0 unspecified atom stereocenters. The van der Waals surface area contributed by atoms with Crippen LogP contribution >= 0.6 is 11.3 Å². The zero-order valence-corrected chi connectivity index (χ0v) is 17.6. The summed E-state index contributed by atoms with van der Waals surface area (Å²) < 4.78 is 20.5. The van der Waals surface area contributed by atoms with Crippen molar-refractivity contribution < 1.29 is 19.0 Å². The fourth-order valence-corrected chi connectivity index (χ4v) is 4.54. The van der Waals surface area contributed by atoms with Gasteiger partial charge in [-0.25, -0.2) is 14.2 Å². The third-order valence-electron chi connectivity index (χ3n) is 4.93. The van der Waals surface area contributed by atoms with E-state index in [1.54, 1.807) is 38.1 Å². The number of aromatic nitrogens is 1. The number of benzene rings is 2. The fourth-order valence-electron chi connectivity index (χ4n) is 3.50. The highest BCUT2D eigenvalue weighted by atomic mass is 32.1. The van der Waals surface area contributed by atoms with Crippen LogP contribution in [0.5, 0.6) is 5.75 Å². The molecule has 1 aliphatic rings. The van der Waals surface area contributed by atoms with Gasteiger partial charge in [0.2, 0.25) is 0 Å². The number of allylic oxidation sites excluding steroid dienone is 1. The van der Waals surface area contributed by atoms with Crippen molar-refractivity contribution in [3.05, 3.63) is 96.4 Å². The van der Waals surface area contributed by atoms with Crippen LogP contribution in [0.3, 0.4) is 0 Å². The summed E-state index contributed by atoms with van der Waals surface area (Å²) in [7, 11) is 0. The minimum atomic E-state index is -0.803. The molecule has 6 nitrogen and oxygen atoms in total. The Morgan fingerprint density at radius 3 is 2.65 bits per heavy atom. The van der Waals surface area contributed by atoms with E-state index < -0.39 is 17.8 Å². The van der Waals surface area contributed by atoms with E-state index in [-0.39, 0.29) is 23.5 Å². The van der Waals surface area contributed by atoms with Gasteiger partial charge in [-0.3, -0.25) is 9.36 Å². The Balaban J connectivity index is 1.97. The molecule has 4 rings (SSSR count). The lowest BCUT2D eigenvalue weighted by Crippen LogP contribution is -2.39. The first kappa shape index (κ1) is 20.7. The van der Waals surface area contributed by atoms with Gasteiger partial charge in [0.1, 0.15) is 11.6 Å². The zero-order chi connectivity index (χ0) is 22.1. The lowest BCUT2D eigenvalue weighted by Gasteiger charge is -2.24. The molecular weight excluding hydrogens is 419 g/mol. The van der Waals surface area contributed by atoms with Crippen molar-refractivity contribution in [2.75, 3.05) is 6.61 Å². The Hall–Kier alpha value is -3.52. The normalized spacial score (nSPS) is 16.1. The number of carbonyl (C=O) groups is 1. The number of ether oxygens (including phenoxy) is 1. The largest absolute Gasteiger partial charge is 0.507 e. The number of hydrogen-bond acceptors (Lipinski definition) is 6. The lowest BCUT2D eigenvalue weighted by molar-refractivity contribution is -0.139. The average molecular weight is 438 g/mol. The molecule has 1 aliphatic heterocycles. The average Bonchev–Trinajstić information content (AvgIpc) is 3.04. The Labute approximate surface area is 180 Å². The van der Waals surface area contributed by atoms with E-state index in [0.29, 0.717) is 26.2 Å². The highest BCUT2D eigenvalue weighted by Gasteiger charge is 2.33. The molecule has 0 aliphatic carbocycles. The van der Waals surface area contributed by atoms with E-state index in [2.05, 4.69) is 4.99 Å². The monoisotopic (exact) mass is 438 g/mol. The molecule has 3 aromatic rings. The second-order valence-corrected chi connectivity index (χ2v) is 7.92. The minimum absolute atomic E-state index is 0.0480. The quantitative estimate of drug-likeness (QED) is 0.635. The number of phenols is 1. The van der Waals surface area contributed by atoms with Gasteiger partial charge in [-0.1, -0.05) is 41.7 Å². The molecule has 0 radical (unpaired) electrons. The number of phenolic OH excluding ortho intramolecular Hbond substituents is 1. The fraction of sp³-hybridized carbons (Fsp3) is 0.174. The van der Waals surface area contributed by atoms with Gasteiger partial charge < -0.3 is 9.84 Å². The van der Waals surface area contributed by atoms with Gasteiger partial charge in [0.15, 0.2) is 4.80 Å². The summed E-state index contributed by atoms with van der Waals surface area (Å²) in [5.41, 5.74) is 1.36. The predicted molar refractivity (Wildman–Crippen MR) is 115 cm³/mol. The van der Waals surface area contributed by atoms with Crippen molar-refractivity contribution in [3.63, 3.8) is 0 Å². The van der Waals surface area contributed by atoms with Crippen LogP contribution in [0.1, 0.15) is 31.0 Å². The summed E-state index contributed by atoms with van der Waals surface area (Å²) in [6.45, 7) is 3.55. The van der Waals surface area contributed by atoms with E-state index in [1.807, 2.05) is 0 Å². The van der Waals surface area contributed by atoms with Crippen LogP contribution in [-0.4, -0.2) is 22.2 Å². The van der Waals surface area contributed by atoms with Gasteiger partial charge in [-0.15, -0.1) is 0 Å². The molecule has 31 heavy (non-hydrogen) atoms. The lowest BCUT2D eigenvalue weighted by atomic mass is 9.96. The number of aromatic hydroxyl groups is 1. The number of rotatable bonds is 4. The number of hydrogen-bond donors (Lipinski definition) is 1. The van der Waals surface area contributed by atoms with Crippen molar-refractivity contribution >= 4 is 23.4 Å². The number of esters is 1. The van der Waals surface area contributed by atoms with Crippen molar-refractivity contribution in [1.82, 2.24) is 4.57 Å². The number of thiazole rings is 1. The minimum Gasteiger partial charge on any atom is -0.507 e. The highest BCUT2D eigenvalue weighted by molar-refractivity contribution is 7.07. The number of fused-ring (bicyclic) bond motifs is 1. The topological polar surface area (TPSA) is 80.9 Å². The maximum Gasteiger partial charge on any atom is 0.338 e. The van der Waals surface area contributed by atoms with E-state index in [1.165, 1.54) is 34.9 Å².